The van der Waals surface area contributed by atoms with Crippen LogP contribution in [0, 0.1) is 5.82 Å². The highest BCUT2D eigenvalue weighted by Crippen LogP contribution is 2.39. The van der Waals surface area contributed by atoms with Gasteiger partial charge in [0.15, 0.2) is 0 Å². The number of methoxy groups -OCH3 is 2. The summed E-state index contributed by atoms with van der Waals surface area (Å²) >= 11 is 0. The SMILES string of the molecule is COC(=O)C1=CN(c2cccc(C(F)(F)F)c2)C=C(C(=O)OC)C1c1ccc(F)cc1. The number of hydrogen-bond donors (Lipinski definition) is 0. The number of hydrogen-bond acceptors (Lipinski definition) is 5. The van der Waals surface area contributed by atoms with Crippen LogP contribution in [0.4, 0.5) is 23.2 Å². The Labute approximate surface area is 175 Å². The van der Waals surface area contributed by atoms with E-state index in [2.05, 4.69) is 0 Å². The number of halogens is 4. The van der Waals surface area contributed by atoms with Crippen LogP contribution in [0.25, 0.3) is 0 Å². The lowest BCUT2D eigenvalue weighted by atomic mass is 9.83. The summed E-state index contributed by atoms with van der Waals surface area (Å²) in [6.07, 6.45) is -2.02. The molecule has 0 saturated heterocycles. The Hall–Kier alpha value is -3.62. The van der Waals surface area contributed by atoms with Gasteiger partial charge in [0.05, 0.1) is 36.8 Å². The minimum atomic E-state index is -4.58. The fourth-order valence-electron chi connectivity index (χ4n) is 3.24. The summed E-state index contributed by atoms with van der Waals surface area (Å²) in [5, 5.41) is 0. The number of ether oxygens (including phenoxy) is 2. The van der Waals surface area contributed by atoms with Crippen LogP contribution in [0.5, 0.6) is 0 Å². The molecular formula is C22H17F4NO4. The number of carbonyl (C=O) groups excluding carboxylic acids is 2. The normalized spacial score (nSPS) is 14.6. The van der Waals surface area contributed by atoms with Gasteiger partial charge >= 0.3 is 18.1 Å². The van der Waals surface area contributed by atoms with Crippen LogP contribution < -0.4 is 4.90 Å². The molecule has 2 aromatic rings. The van der Waals surface area contributed by atoms with E-state index in [0.717, 1.165) is 38.5 Å². The van der Waals surface area contributed by atoms with Crippen LogP contribution in [-0.2, 0) is 25.2 Å². The van der Waals surface area contributed by atoms with E-state index in [-0.39, 0.29) is 16.8 Å². The minimum absolute atomic E-state index is 0.0329. The molecule has 1 aliphatic rings. The third kappa shape index (κ3) is 4.60. The van der Waals surface area contributed by atoms with Gasteiger partial charge in [-0.3, -0.25) is 0 Å². The van der Waals surface area contributed by atoms with Gasteiger partial charge in [-0.05, 0) is 35.9 Å². The molecule has 1 aliphatic heterocycles. The van der Waals surface area contributed by atoms with E-state index in [0.29, 0.717) is 5.56 Å². The number of rotatable bonds is 4. The van der Waals surface area contributed by atoms with Gasteiger partial charge in [0.25, 0.3) is 0 Å². The maximum atomic E-state index is 13.4. The van der Waals surface area contributed by atoms with E-state index >= 15 is 0 Å². The zero-order valence-corrected chi connectivity index (χ0v) is 16.4. The third-order valence-corrected chi connectivity index (χ3v) is 4.70. The predicted octanol–water partition coefficient (Wildman–Crippen LogP) is 4.56. The number of esters is 2. The van der Waals surface area contributed by atoms with Crippen molar-refractivity contribution in [2.75, 3.05) is 19.1 Å². The molecular weight excluding hydrogens is 418 g/mol. The second-order valence-corrected chi connectivity index (χ2v) is 6.59. The Kier molecular flexibility index (Phi) is 6.14. The molecule has 0 amide bonds. The van der Waals surface area contributed by atoms with Crippen molar-refractivity contribution in [2.45, 2.75) is 12.1 Å². The number of carbonyl (C=O) groups is 2. The van der Waals surface area contributed by atoms with Gasteiger partial charge in [0.2, 0.25) is 0 Å². The monoisotopic (exact) mass is 435 g/mol. The Morgan fingerprint density at radius 3 is 1.94 bits per heavy atom. The summed E-state index contributed by atoms with van der Waals surface area (Å²) in [5.41, 5.74) is -0.496. The quantitative estimate of drug-likeness (QED) is 0.521. The third-order valence-electron chi connectivity index (χ3n) is 4.70. The molecule has 0 radical (unpaired) electrons. The van der Waals surface area contributed by atoms with Crippen LogP contribution in [0.2, 0.25) is 0 Å². The smallest absolute Gasteiger partial charge is 0.416 e. The molecule has 31 heavy (non-hydrogen) atoms. The standard InChI is InChI=1S/C22H17F4NO4/c1-30-20(28)17-11-27(16-5-3-4-14(10-16)22(24,25)26)12-18(21(29)31-2)19(17)13-6-8-15(23)9-7-13/h3-12,19H,1-2H3. The first-order valence-electron chi connectivity index (χ1n) is 8.97. The second-order valence-electron chi connectivity index (χ2n) is 6.59. The summed E-state index contributed by atoms with van der Waals surface area (Å²) in [7, 11) is 2.27. The summed E-state index contributed by atoms with van der Waals surface area (Å²) in [5.74, 6) is -3.10. The molecule has 0 atom stereocenters. The summed E-state index contributed by atoms with van der Waals surface area (Å²) in [6, 6.07) is 9.52. The van der Waals surface area contributed by atoms with Gasteiger partial charge < -0.3 is 14.4 Å². The Balaban J connectivity index is 2.18. The van der Waals surface area contributed by atoms with Gasteiger partial charge in [0.1, 0.15) is 5.82 Å². The number of nitrogens with zero attached hydrogens (tertiary/aromatic N) is 1. The van der Waals surface area contributed by atoms with Gasteiger partial charge in [-0.1, -0.05) is 18.2 Å². The minimum Gasteiger partial charge on any atom is -0.466 e. The van der Waals surface area contributed by atoms with Gasteiger partial charge in [-0.25, -0.2) is 14.0 Å². The molecule has 0 spiro atoms. The van der Waals surface area contributed by atoms with Crippen LogP contribution in [0.3, 0.4) is 0 Å². The average molecular weight is 435 g/mol. The van der Waals surface area contributed by atoms with Crippen molar-refractivity contribution in [3.05, 3.63) is 89.0 Å². The molecule has 9 heteroatoms. The number of benzene rings is 2. The maximum Gasteiger partial charge on any atom is 0.416 e. The molecule has 0 N–H and O–H groups in total. The van der Waals surface area contributed by atoms with Crippen molar-refractivity contribution < 1.29 is 36.6 Å². The number of alkyl halides is 3. The molecule has 0 bridgehead atoms. The molecule has 1 heterocycles. The van der Waals surface area contributed by atoms with Gasteiger partial charge in [0, 0.05) is 18.1 Å². The Morgan fingerprint density at radius 1 is 0.903 bits per heavy atom. The molecule has 0 aliphatic carbocycles. The first kappa shape index (κ1) is 22.1. The molecule has 5 nitrogen and oxygen atoms in total. The Morgan fingerprint density at radius 2 is 1.45 bits per heavy atom. The molecule has 0 saturated carbocycles. The van der Waals surface area contributed by atoms with E-state index in [1.807, 2.05) is 0 Å². The second kappa shape index (κ2) is 8.63. The highest BCUT2D eigenvalue weighted by atomic mass is 19.4. The molecule has 162 valence electrons. The molecule has 0 unspecified atom stereocenters. The van der Waals surface area contributed by atoms with Gasteiger partial charge in [-0.15, -0.1) is 0 Å². The lowest BCUT2D eigenvalue weighted by Gasteiger charge is -2.30. The fourth-order valence-corrected chi connectivity index (χ4v) is 3.24. The van der Waals surface area contributed by atoms with Crippen LogP contribution in [0.1, 0.15) is 17.0 Å². The van der Waals surface area contributed by atoms with E-state index < -0.39 is 35.4 Å². The van der Waals surface area contributed by atoms with E-state index in [9.17, 15) is 27.2 Å². The first-order valence-corrected chi connectivity index (χ1v) is 8.97. The molecule has 3 rings (SSSR count). The first-order chi connectivity index (χ1) is 14.7. The summed E-state index contributed by atoms with van der Waals surface area (Å²) in [6.45, 7) is 0. The van der Waals surface area contributed by atoms with Crippen molar-refractivity contribution in [3.63, 3.8) is 0 Å². The largest absolute Gasteiger partial charge is 0.466 e. The van der Waals surface area contributed by atoms with Gasteiger partial charge in [-0.2, -0.15) is 13.2 Å². The van der Waals surface area contributed by atoms with Crippen LogP contribution in [-0.4, -0.2) is 26.2 Å². The summed E-state index contributed by atoms with van der Waals surface area (Å²) in [4.78, 5) is 26.3. The zero-order valence-electron chi connectivity index (χ0n) is 16.4. The van der Waals surface area contributed by atoms with Crippen molar-refractivity contribution >= 4 is 17.6 Å². The van der Waals surface area contributed by atoms with Crippen molar-refractivity contribution in [1.82, 2.24) is 0 Å². The fraction of sp³-hybridized carbons (Fsp3) is 0.182. The lowest BCUT2D eigenvalue weighted by molar-refractivity contribution is -0.138. The van der Waals surface area contributed by atoms with Crippen molar-refractivity contribution in [2.24, 2.45) is 0 Å². The van der Waals surface area contributed by atoms with Crippen LogP contribution >= 0.6 is 0 Å². The molecule has 2 aromatic carbocycles. The Bertz CT molecular complexity index is 1020. The van der Waals surface area contributed by atoms with Crippen LogP contribution in [0.15, 0.2) is 72.1 Å². The van der Waals surface area contributed by atoms with Crippen molar-refractivity contribution in [1.29, 1.82) is 0 Å². The lowest BCUT2D eigenvalue weighted by Crippen LogP contribution is -2.28. The van der Waals surface area contributed by atoms with E-state index in [1.165, 1.54) is 41.6 Å². The van der Waals surface area contributed by atoms with E-state index in [1.54, 1.807) is 0 Å². The topological polar surface area (TPSA) is 55.8 Å². The van der Waals surface area contributed by atoms with E-state index in [4.69, 9.17) is 9.47 Å². The number of anilines is 1. The summed E-state index contributed by atoms with van der Waals surface area (Å²) < 4.78 is 62.5. The maximum absolute atomic E-state index is 13.4. The highest BCUT2D eigenvalue weighted by molar-refractivity contribution is 5.99. The van der Waals surface area contributed by atoms with Crippen molar-refractivity contribution in [3.8, 4) is 0 Å². The molecule has 0 fully saturated rings. The highest BCUT2D eigenvalue weighted by Gasteiger charge is 2.36. The predicted molar refractivity (Wildman–Crippen MR) is 103 cm³/mol. The zero-order chi connectivity index (χ0) is 22.8. The molecule has 0 aromatic heterocycles. The average Bonchev–Trinajstić information content (AvgIpc) is 2.77.